The van der Waals surface area contributed by atoms with Crippen LogP contribution < -0.4 is 10.6 Å². The summed E-state index contributed by atoms with van der Waals surface area (Å²) < 4.78 is 0. The van der Waals surface area contributed by atoms with Gasteiger partial charge in [-0.05, 0) is 29.7 Å². The highest BCUT2D eigenvalue weighted by atomic mass is 16.1. The molecule has 33 heavy (non-hydrogen) atoms. The van der Waals surface area contributed by atoms with E-state index >= 15 is 0 Å². The summed E-state index contributed by atoms with van der Waals surface area (Å²) in [6.45, 7) is 1.28. The maximum absolute atomic E-state index is 13.9. The third kappa shape index (κ3) is 1.96. The standard InChI is InChI=1S/C27H19N5O/c33-25-16-6-2-4-8-19(16)32-27-17(25)13-30-20-10-12-28-24(22(20)27)23-21-15(9-11-29-26(21)27)14-5-1-3-7-18(14)31-23/h1-9,11,17,30,32H,10,12-13H2. The number of rotatable bonds is 0. The number of fused-ring (bicyclic) bond motifs is 4. The first-order valence-electron chi connectivity index (χ1n) is 11.4. The van der Waals surface area contributed by atoms with Crippen LogP contribution >= 0.6 is 0 Å². The molecule has 0 radical (unpaired) electrons. The Morgan fingerprint density at radius 3 is 2.85 bits per heavy atom. The van der Waals surface area contributed by atoms with E-state index in [-0.39, 0.29) is 11.7 Å². The number of ketones is 1. The molecule has 0 bridgehead atoms. The minimum Gasteiger partial charge on any atom is -0.387 e. The summed E-state index contributed by atoms with van der Waals surface area (Å²) in [6.07, 6.45) is 2.70. The molecule has 2 unspecified atom stereocenters. The number of benzene rings is 2. The molecule has 2 N–H and O–H groups in total. The number of aromatic nitrogens is 2. The average molecular weight is 429 g/mol. The third-order valence-electron chi connectivity index (χ3n) is 7.66. The first kappa shape index (κ1) is 17.5. The van der Waals surface area contributed by atoms with Crippen molar-refractivity contribution in [2.75, 3.05) is 18.4 Å². The monoisotopic (exact) mass is 429 g/mol. The fourth-order valence-electron chi connectivity index (χ4n) is 6.33. The molecular formula is C27H19N5O. The van der Waals surface area contributed by atoms with Crippen molar-refractivity contribution in [1.82, 2.24) is 15.3 Å². The van der Waals surface area contributed by atoms with Crippen molar-refractivity contribution in [3.8, 4) is 0 Å². The average Bonchev–Trinajstić information content (AvgIpc) is 2.87. The van der Waals surface area contributed by atoms with Gasteiger partial charge in [0.05, 0.1) is 28.5 Å². The summed E-state index contributed by atoms with van der Waals surface area (Å²) in [5, 5.41) is 10.6. The van der Waals surface area contributed by atoms with Crippen molar-refractivity contribution >= 4 is 38.9 Å². The molecule has 4 aliphatic rings. The van der Waals surface area contributed by atoms with E-state index in [0.717, 1.165) is 67.7 Å². The maximum atomic E-state index is 13.9. The second kappa shape index (κ2) is 5.84. The van der Waals surface area contributed by atoms with Crippen molar-refractivity contribution in [1.29, 1.82) is 0 Å². The lowest BCUT2D eigenvalue weighted by Crippen LogP contribution is -2.61. The molecule has 0 amide bonds. The summed E-state index contributed by atoms with van der Waals surface area (Å²) in [7, 11) is 0. The zero-order chi connectivity index (χ0) is 21.7. The molecule has 4 aromatic rings. The van der Waals surface area contributed by atoms with Crippen molar-refractivity contribution in [3.05, 3.63) is 89.0 Å². The van der Waals surface area contributed by atoms with E-state index in [1.165, 1.54) is 0 Å². The van der Waals surface area contributed by atoms with Crippen LogP contribution in [0.5, 0.6) is 0 Å². The number of hydrogen-bond acceptors (Lipinski definition) is 6. The van der Waals surface area contributed by atoms with Crippen molar-refractivity contribution < 1.29 is 4.79 Å². The van der Waals surface area contributed by atoms with E-state index in [9.17, 15) is 4.79 Å². The number of nitrogens with one attached hydrogen (secondary N) is 2. The van der Waals surface area contributed by atoms with Crippen LogP contribution in [0.15, 0.2) is 77.1 Å². The maximum Gasteiger partial charge on any atom is 0.172 e. The third-order valence-corrected chi connectivity index (χ3v) is 7.66. The molecule has 6 nitrogen and oxygen atoms in total. The molecule has 8 rings (SSSR count). The van der Waals surface area contributed by atoms with Crippen LogP contribution in [0.4, 0.5) is 5.69 Å². The van der Waals surface area contributed by atoms with Gasteiger partial charge < -0.3 is 10.6 Å². The van der Waals surface area contributed by atoms with E-state index < -0.39 is 5.54 Å². The van der Waals surface area contributed by atoms with Gasteiger partial charge in [0.2, 0.25) is 0 Å². The summed E-state index contributed by atoms with van der Waals surface area (Å²) in [6, 6.07) is 18.1. The Balaban J connectivity index is 1.58. The van der Waals surface area contributed by atoms with Crippen LogP contribution in [-0.2, 0) is 5.54 Å². The van der Waals surface area contributed by atoms with Crippen molar-refractivity contribution in [3.63, 3.8) is 0 Å². The van der Waals surface area contributed by atoms with Gasteiger partial charge in [-0.15, -0.1) is 0 Å². The van der Waals surface area contributed by atoms with Crippen LogP contribution in [-0.4, -0.2) is 34.6 Å². The smallest absolute Gasteiger partial charge is 0.172 e. The second-order valence-corrected chi connectivity index (χ2v) is 9.17. The van der Waals surface area contributed by atoms with Crippen LogP contribution in [0.3, 0.4) is 0 Å². The lowest BCUT2D eigenvalue weighted by molar-refractivity contribution is 0.0857. The number of dihydropyridines is 1. The lowest BCUT2D eigenvalue weighted by Gasteiger charge is -2.52. The van der Waals surface area contributed by atoms with Gasteiger partial charge in [-0.25, -0.2) is 4.98 Å². The number of para-hydroxylation sites is 2. The molecule has 0 fully saturated rings. The molecule has 158 valence electrons. The van der Waals surface area contributed by atoms with E-state index in [1.807, 2.05) is 42.6 Å². The van der Waals surface area contributed by atoms with Gasteiger partial charge in [-0.2, -0.15) is 0 Å². The minimum absolute atomic E-state index is 0.143. The predicted molar refractivity (Wildman–Crippen MR) is 128 cm³/mol. The predicted octanol–water partition coefficient (Wildman–Crippen LogP) is 3.97. The number of Topliss-reactive ketones (excluding diaryl/α,β-unsaturated/α-hetero) is 1. The zero-order valence-corrected chi connectivity index (χ0v) is 17.7. The highest BCUT2D eigenvalue weighted by Gasteiger charge is 2.59. The van der Waals surface area contributed by atoms with Gasteiger partial charge in [-0.3, -0.25) is 14.8 Å². The highest BCUT2D eigenvalue weighted by molar-refractivity contribution is 6.27. The van der Waals surface area contributed by atoms with E-state index in [4.69, 9.17) is 15.0 Å². The van der Waals surface area contributed by atoms with Crippen LogP contribution in [0.25, 0.3) is 21.7 Å². The largest absolute Gasteiger partial charge is 0.387 e. The molecule has 2 aromatic heterocycles. The molecule has 5 heterocycles. The van der Waals surface area contributed by atoms with E-state index in [1.54, 1.807) is 0 Å². The number of nitrogens with zero attached hydrogens (tertiary/aromatic N) is 3. The molecule has 3 aliphatic heterocycles. The quantitative estimate of drug-likeness (QED) is 0.414. The fraction of sp³-hybridized carbons (Fsp3) is 0.185. The number of carbonyl (C=O) groups excluding carboxylic acids is 1. The molecule has 2 atom stereocenters. The van der Waals surface area contributed by atoms with Crippen LogP contribution in [0.2, 0.25) is 0 Å². The van der Waals surface area contributed by atoms with Gasteiger partial charge in [-0.1, -0.05) is 30.3 Å². The molecular weight excluding hydrogens is 410 g/mol. The number of pyridine rings is 2. The minimum atomic E-state index is -0.762. The van der Waals surface area contributed by atoms with Crippen molar-refractivity contribution in [2.24, 2.45) is 10.9 Å². The van der Waals surface area contributed by atoms with Gasteiger partial charge in [0, 0.05) is 59.0 Å². The normalized spacial score (nSPS) is 24.4. The SMILES string of the molecule is O=C1c2ccccc2NC23C4=C(CCN=C4c4nc5ccccc5c5ccnc2c45)NCC13. The number of anilines is 1. The molecule has 1 aliphatic carbocycles. The lowest BCUT2D eigenvalue weighted by atomic mass is 9.61. The number of aliphatic imine (C=N–C) groups is 1. The Labute approximate surface area is 189 Å². The van der Waals surface area contributed by atoms with Gasteiger partial charge >= 0.3 is 0 Å². The Morgan fingerprint density at radius 2 is 1.88 bits per heavy atom. The first-order valence-corrected chi connectivity index (χ1v) is 11.4. The molecule has 2 aromatic carbocycles. The highest BCUT2D eigenvalue weighted by Crippen LogP contribution is 2.54. The van der Waals surface area contributed by atoms with Gasteiger partial charge in [0.15, 0.2) is 5.78 Å². The Kier molecular flexibility index (Phi) is 3.09. The van der Waals surface area contributed by atoms with Crippen molar-refractivity contribution in [2.45, 2.75) is 12.0 Å². The molecule has 0 saturated carbocycles. The topological polar surface area (TPSA) is 79.3 Å². The summed E-state index contributed by atoms with van der Waals surface area (Å²) >= 11 is 0. The molecule has 0 saturated heterocycles. The Morgan fingerprint density at radius 1 is 1.00 bits per heavy atom. The Bertz CT molecular complexity index is 1630. The zero-order valence-electron chi connectivity index (χ0n) is 17.7. The van der Waals surface area contributed by atoms with Gasteiger partial charge in [0.25, 0.3) is 0 Å². The van der Waals surface area contributed by atoms with E-state index in [2.05, 4.69) is 28.8 Å². The summed E-state index contributed by atoms with van der Waals surface area (Å²) in [5.41, 5.74) is 6.62. The molecule has 1 spiro atoms. The molecule has 6 heteroatoms. The van der Waals surface area contributed by atoms with Gasteiger partial charge in [0.1, 0.15) is 5.54 Å². The van der Waals surface area contributed by atoms with E-state index in [0.29, 0.717) is 13.1 Å². The van der Waals surface area contributed by atoms with Crippen LogP contribution in [0, 0.1) is 5.92 Å². The summed E-state index contributed by atoms with van der Waals surface area (Å²) in [4.78, 5) is 29.0. The fourth-order valence-corrected chi connectivity index (χ4v) is 6.33. The Hall–Kier alpha value is -4.06. The number of carbonyl (C=O) groups is 1. The second-order valence-electron chi connectivity index (χ2n) is 9.17. The van der Waals surface area contributed by atoms with Crippen LogP contribution in [0.1, 0.15) is 28.2 Å². The summed E-state index contributed by atoms with van der Waals surface area (Å²) in [5.74, 6) is -0.184. The first-order chi connectivity index (χ1) is 16.3. The number of hydrogen-bond donors (Lipinski definition) is 2.